The second-order valence-corrected chi connectivity index (χ2v) is 6.68. The van der Waals surface area contributed by atoms with Crippen LogP contribution in [0.15, 0.2) is 36.5 Å². The van der Waals surface area contributed by atoms with E-state index in [0.717, 1.165) is 44.1 Å². The number of aromatic nitrogens is 3. The van der Waals surface area contributed by atoms with E-state index in [9.17, 15) is 5.11 Å². The molecule has 0 bridgehead atoms. The van der Waals surface area contributed by atoms with Crippen molar-refractivity contribution in [2.24, 2.45) is 5.92 Å². The van der Waals surface area contributed by atoms with Gasteiger partial charge in [0, 0.05) is 13.1 Å². The average molecular weight is 329 g/mol. The third kappa shape index (κ3) is 4.87. The van der Waals surface area contributed by atoms with E-state index < -0.39 is 0 Å². The Labute approximate surface area is 143 Å². The average Bonchev–Trinajstić information content (AvgIpc) is 3.06. The van der Waals surface area contributed by atoms with Crippen molar-refractivity contribution in [2.45, 2.75) is 32.4 Å². The summed E-state index contributed by atoms with van der Waals surface area (Å²) in [7, 11) is 0. The number of piperidine rings is 1. The van der Waals surface area contributed by atoms with Crippen LogP contribution in [0.1, 0.15) is 25.5 Å². The monoisotopic (exact) mass is 329 g/mol. The van der Waals surface area contributed by atoms with Gasteiger partial charge < -0.3 is 15.3 Å². The highest BCUT2D eigenvalue weighted by molar-refractivity contribution is 5.28. The molecule has 1 aromatic carbocycles. The van der Waals surface area contributed by atoms with Crippen LogP contribution < -0.4 is 5.32 Å². The minimum Gasteiger partial charge on any atom is -0.392 e. The minimum absolute atomic E-state index is 0.230. The first-order chi connectivity index (χ1) is 11.7. The minimum atomic E-state index is -0.230. The Hall–Kier alpha value is -1.76. The fourth-order valence-electron chi connectivity index (χ4n) is 3.21. The molecule has 6 heteroatoms. The fourth-order valence-corrected chi connectivity index (χ4v) is 3.21. The van der Waals surface area contributed by atoms with E-state index >= 15 is 0 Å². The van der Waals surface area contributed by atoms with Gasteiger partial charge in [0.2, 0.25) is 0 Å². The summed E-state index contributed by atoms with van der Waals surface area (Å²) < 4.78 is 0. The molecule has 6 nitrogen and oxygen atoms in total. The van der Waals surface area contributed by atoms with Gasteiger partial charge in [0.05, 0.1) is 23.7 Å². The summed E-state index contributed by atoms with van der Waals surface area (Å²) in [6.07, 6.45) is 3.98. The molecule has 1 aliphatic heterocycles. The van der Waals surface area contributed by atoms with Crippen molar-refractivity contribution >= 4 is 0 Å². The van der Waals surface area contributed by atoms with Gasteiger partial charge in [-0.1, -0.05) is 18.2 Å². The number of likely N-dealkylation sites (tertiary alicyclic amines) is 1. The number of aliphatic hydroxyl groups excluding tert-OH is 1. The maximum Gasteiger partial charge on any atom is 0.0969 e. The summed E-state index contributed by atoms with van der Waals surface area (Å²) in [6, 6.07) is 9.96. The van der Waals surface area contributed by atoms with Gasteiger partial charge in [-0.2, -0.15) is 15.0 Å². The van der Waals surface area contributed by atoms with E-state index in [0.29, 0.717) is 5.92 Å². The van der Waals surface area contributed by atoms with Crippen LogP contribution in [-0.2, 0) is 6.54 Å². The van der Waals surface area contributed by atoms with Gasteiger partial charge in [-0.05, 0) is 57.5 Å². The zero-order valence-corrected chi connectivity index (χ0v) is 14.3. The summed E-state index contributed by atoms with van der Waals surface area (Å²) in [5, 5.41) is 21.8. The Bertz CT molecular complexity index is 605. The largest absolute Gasteiger partial charge is 0.392 e. The highest BCUT2D eigenvalue weighted by atomic mass is 16.3. The van der Waals surface area contributed by atoms with Gasteiger partial charge in [-0.3, -0.25) is 0 Å². The van der Waals surface area contributed by atoms with Crippen molar-refractivity contribution in [3.8, 4) is 5.69 Å². The van der Waals surface area contributed by atoms with Crippen LogP contribution in [0.2, 0.25) is 0 Å². The quantitative estimate of drug-likeness (QED) is 0.805. The smallest absolute Gasteiger partial charge is 0.0969 e. The molecule has 2 heterocycles. The van der Waals surface area contributed by atoms with Crippen molar-refractivity contribution < 1.29 is 5.11 Å². The Balaban J connectivity index is 1.39. The Kier molecular flexibility index (Phi) is 5.96. The predicted octanol–water partition coefficient (Wildman–Crippen LogP) is 1.45. The Morgan fingerprint density at radius 1 is 1.25 bits per heavy atom. The van der Waals surface area contributed by atoms with Crippen molar-refractivity contribution in [3.05, 3.63) is 42.2 Å². The molecule has 1 atom stereocenters. The predicted molar refractivity (Wildman–Crippen MR) is 93.9 cm³/mol. The second-order valence-electron chi connectivity index (χ2n) is 6.68. The molecule has 130 valence electrons. The summed E-state index contributed by atoms with van der Waals surface area (Å²) in [5.74, 6) is 0.708. The van der Waals surface area contributed by atoms with E-state index in [1.165, 1.54) is 12.8 Å². The number of para-hydroxylation sites is 1. The molecular weight excluding hydrogens is 302 g/mol. The molecule has 0 saturated carbocycles. The Morgan fingerprint density at radius 2 is 2.00 bits per heavy atom. The van der Waals surface area contributed by atoms with Crippen LogP contribution in [-0.4, -0.2) is 57.3 Å². The van der Waals surface area contributed by atoms with Crippen LogP contribution >= 0.6 is 0 Å². The van der Waals surface area contributed by atoms with Crippen LogP contribution in [0, 0.1) is 5.92 Å². The molecule has 1 saturated heterocycles. The normalized spacial score (nSPS) is 17.9. The molecule has 0 radical (unpaired) electrons. The molecule has 2 aromatic rings. The maximum absolute atomic E-state index is 9.45. The van der Waals surface area contributed by atoms with Crippen LogP contribution in [0.5, 0.6) is 0 Å². The van der Waals surface area contributed by atoms with Crippen LogP contribution in [0.4, 0.5) is 0 Å². The molecule has 0 amide bonds. The number of nitrogens with zero attached hydrogens (tertiary/aromatic N) is 4. The Morgan fingerprint density at radius 3 is 2.71 bits per heavy atom. The topological polar surface area (TPSA) is 66.2 Å². The van der Waals surface area contributed by atoms with E-state index in [2.05, 4.69) is 20.4 Å². The van der Waals surface area contributed by atoms with Gasteiger partial charge in [0.1, 0.15) is 0 Å². The van der Waals surface area contributed by atoms with E-state index in [4.69, 9.17) is 0 Å². The number of rotatable bonds is 7. The molecule has 1 aliphatic rings. The van der Waals surface area contributed by atoms with Crippen molar-refractivity contribution in [2.75, 3.05) is 26.2 Å². The lowest BCUT2D eigenvalue weighted by Crippen LogP contribution is -2.40. The first kappa shape index (κ1) is 17.1. The van der Waals surface area contributed by atoms with E-state index in [1.807, 2.05) is 43.5 Å². The zero-order valence-electron chi connectivity index (χ0n) is 14.3. The molecular formula is C18H27N5O. The maximum atomic E-state index is 9.45. The first-order valence-corrected chi connectivity index (χ1v) is 8.78. The van der Waals surface area contributed by atoms with Gasteiger partial charge in [0.15, 0.2) is 0 Å². The number of nitrogens with one attached hydrogen (secondary N) is 1. The van der Waals surface area contributed by atoms with Crippen LogP contribution in [0.3, 0.4) is 0 Å². The summed E-state index contributed by atoms with van der Waals surface area (Å²) in [5.41, 5.74) is 1.94. The standard InChI is InChI=1S/C18H27N5O/c1-15(24)14-22-9-7-16(8-10-22)11-19-12-17-13-20-23(21-17)18-5-3-2-4-6-18/h2-6,13,15-16,19,24H,7-12,14H2,1H3/t15-/m0/s1. The molecule has 0 aliphatic carbocycles. The molecule has 3 rings (SSSR count). The SMILES string of the molecule is C[C@H](O)CN1CCC(CNCc2cnn(-c3ccccc3)n2)CC1. The van der Waals surface area contributed by atoms with E-state index in [1.54, 1.807) is 4.80 Å². The van der Waals surface area contributed by atoms with Gasteiger partial charge in [-0.15, -0.1) is 0 Å². The summed E-state index contributed by atoms with van der Waals surface area (Å²) >= 11 is 0. The molecule has 0 spiro atoms. The van der Waals surface area contributed by atoms with Gasteiger partial charge >= 0.3 is 0 Å². The number of aliphatic hydroxyl groups is 1. The molecule has 1 fully saturated rings. The highest BCUT2D eigenvalue weighted by Gasteiger charge is 2.19. The number of hydrogen-bond acceptors (Lipinski definition) is 5. The fraction of sp³-hybridized carbons (Fsp3) is 0.556. The van der Waals surface area contributed by atoms with Crippen molar-refractivity contribution in [1.82, 2.24) is 25.2 Å². The molecule has 24 heavy (non-hydrogen) atoms. The number of β-amino-alcohol motifs (C(OH)–C–C–N with tert-alkyl or cyclic N) is 1. The lowest BCUT2D eigenvalue weighted by molar-refractivity contribution is 0.0998. The zero-order chi connectivity index (χ0) is 16.8. The molecule has 1 aromatic heterocycles. The molecule has 2 N–H and O–H groups in total. The van der Waals surface area contributed by atoms with Gasteiger partial charge in [-0.25, -0.2) is 0 Å². The molecule has 0 unspecified atom stereocenters. The van der Waals surface area contributed by atoms with Crippen LogP contribution in [0.25, 0.3) is 5.69 Å². The van der Waals surface area contributed by atoms with E-state index in [-0.39, 0.29) is 6.10 Å². The van der Waals surface area contributed by atoms with Crippen molar-refractivity contribution in [3.63, 3.8) is 0 Å². The van der Waals surface area contributed by atoms with Gasteiger partial charge in [0.25, 0.3) is 0 Å². The summed E-state index contributed by atoms with van der Waals surface area (Å²) in [4.78, 5) is 4.03. The third-order valence-electron chi connectivity index (χ3n) is 4.50. The lowest BCUT2D eigenvalue weighted by atomic mass is 9.96. The third-order valence-corrected chi connectivity index (χ3v) is 4.50. The first-order valence-electron chi connectivity index (χ1n) is 8.78. The second kappa shape index (κ2) is 8.37. The van der Waals surface area contributed by atoms with Crippen molar-refractivity contribution in [1.29, 1.82) is 0 Å². The number of benzene rings is 1. The number of hydrogen-bond donors (Lipinski definition) is 2. The summed E-state index contributed by atoms with van der Waals surface area (Å²) in [6.45, 7) is 6.59. The lowest BCUT2D eigenvalue weighted by Gasteiger charge is -2.32. The highest BCUT2D eigenvalue weighted by Crippen LogP contribution is 2.16.